The Balaban J connectivity index is 1.56. The predicted octanol–water partition coefficient (Wildman–Crippen LogP) is 5.26. The van der Waals surface area contributed by atoms with Crippen LogP contribution in [0.25, 0.3) is 11.3 Å². The van der Waals surface area contributed by atoms with Crippen molar-refractivity contribution in [1.29, 1.82) is 0 Å². The summed E-state index contributed by atoms with van der Waals surface area (Å²) in [6, 6.07) is 16.3. The van der Waals surface area contributed by atoms with Crippen molar-refractivity contribution in [2.24, 2.45) is 0 Å². The lowest BCUT2D eigenvalue weighted by molar-refractivity contribution is 0.0997. The molecule has 1 saturated heterocycles. The second kappa shape index (κ2) is 8.49. The van der Waals surface area contributed by atoms with Gasteiger partial charge < -0.3 is 19.5 Å². The first-order chi connectivity index (χ1) is 14.0. The van der Waals surface area contributed by atoms with Crippen LogP contribution in [0, 0.1) is 0 Å². The van der Waals surface area contributed by atoms with Crippen LogP contribution in [0.5, 0.6) is 0 Å². The van der Waals surface area contributed by atoms with Gasteiger partial charge in [0.05, 0.1) is 16.4 Å². The number of benzene rings is 2. The minimum absolute atomic E-state index is 0.212. The molecule has 0 spiro atoms. The van der Waals surface area contributed by atoms with Crippen LogP contribution in [0.1, 0.15) is 10.6 Å². The molecule has 5 nitrogen and oxygen atoms in total. The summed E-state index contributed by atoms with van der Waals surface area (Å²) in [6.45, 7) is 3.71. The highest BCUT2D eigenvalue weighted by molar-refractivity contribution is 6.33. The van der Waals surface area contributed by atoms with Gasteiger partial charge in [0.25, 0.3) is 5.91 Å². The lowest BCUT2D eigenvalue weighted by Gasteiger charge is -2.35. The van der Waals surface area contributed by atoms with E-state index in [0.717, 1.165) is 37.4 Å². The van der Waals surface area contributed by atoms with Gasteiger partial charge in [0.2, 0.25) is 0 Å². The zero-order chi connectivity index (χ0) is 20.4. The van der Waals surface area contributed by atoms with Crippen molar-refractivity contribution in [1.82, 2.24) is 4.90 Å². The fourth-order valence-corrected chi connectivity index (χ4v) is 3.78. The molecule has 29 heavy (non-hydrogen) atoms. The molecule has 1 fully saturated rings. The fourth-order valence-electron chi connectivity index (χ4n) is 3.38. The van der Waals surface area contributed by atoms with Gasteiger partial charge in [-0.2, -0.15) is 0 Å². The molecule has 0 saturated carbocycles. The molecule has 1 aliphatic heterocycles. The number of nitrogens with one attached hydrogen (secondary N) is 1. The van der Waals surface area contributed by atoms with E-state index in [1.165, 1.54) is 0 Å². The highest BCUT2D eigenvalue weighted by atomic mass is 35.5. The number of amides is 1. The summed E-state index contributed by atoms with van der Waals surface area (Å²) < 4.78 is 5.76. The van der Waals surface area contributed by atoms with Crippen LogP contribution in [0.3, 0.4) is 0 Å². The molecule has 3 aromatic rings. The Morgan fingerprint density at radius 3 is 2.52 bits per heavy atom. The van der Waals surface area contributed by atoms with E-state index < -0.39 is 0 Å². The van der Waals surface area contributed by atoms with Crippen LogP contribution >= 0.6 is 23.2 Å². The maximum atomic E-state index is 12.8. The monoisotopic (exact) mass is 429 g/mol. The van der Waals surface area contributed by atoms with Crippen LogP contribution in [0.4, 0.5) is 11.4 Å². The normalized spacial score (nSPS) is 14.8. The molecule has 2 heterocycles. The van der Waals surface area contributed by atoms with Crippen molar-refractivity contribution in [3.05, 3.63) is 70.4 Å². The third kappa shape index (κ3) is 4.42. The molecule has 4 rings (SSSR count). The molecule has 0 radical (unpaired) electrons. The number of halogens is 2. The van der Waals surface area contributed by atoms with Crippen molar-refractivity contribution >= 4 is 40.5 Å². The molecule has 7 heteroatoms. The smallest absolute Gasteiger partial charge is 0.291 e. The number of likely N-dealkylation sites (N-methyl/N-ethyl adjacent to an activating group) is 1. The number of anilines is 2. The zero-order valence-corrected chi connectivity index (χ0v) is 17.5. The van der Waals surface area contributed by atoms with E-state index >= 15 is 0 Å². The summed E-state index contributed by atoms with van der Waals surface area (Å²) in [6.07, 6.45) is 0. The fraction of sp³-hybridized carbons (Fsp3) is 0.227. The number of piperazine rings is 1. The maximum absolute atomic E-state index is 12.8. The highest BCUT2D eigenvalue weighted by Crippen LogP contribution is 2.32. The standard InChI is InChI=1S/C22H21Cl2N3O2/c1-26-10-12-27(13-11-26)19-7-6-15(23)14-18(19)25-22(28)21-9-8-20(29-21)16-4-2-3-5-17(16)24/h2-9,14H,10-13H2,1H3,(H,25,28). The SMILES string of the molecule is CN1CCN(c2ccc(Cl)cc2NC(=O)c2ccc(-c3ccccc3Cl)o2)CC1. The summed E-state index contributed by atoms with van der Waals surface area (Å²) in [5.41, 5.74) is 2.37. The minimum atomic E-state index is -0.332. The lowest BCUT2D eigenvalue weighted by atomic mass is 10.2. The maximum Gasteiger partial charge on any atom is 0.291 e. The number of carbonyl (C=O) groups excluding carboxylic acids is 1. The van der Waals surface area contributed by atoms with Gasteiger partial charge in [0.1, 0.15) is 5.76 Å². The Kier molecular flexibility index (Phi) is 5.81. The first kappa shape index (κ1) is 19.8. The van der Waals surface area contributed by atoms with Gasteiger partial charge in [-0.3, -0.25) is 4.79 Å². The van der Waals surface area contributed by atoms with Crippen molar-refractivity contribution in [2.45, 2.75) is 0 Å². The van der Waals surface area contributed by atoms with E-state index in [0.29, 0.717) is 21.5 Å². The topological polar surface area (TPSA) is 48.7 Å². The summed E-state index contributed by atoms with van der Waals surface area (Å²) >= 11 is 12.4. The molecule has 0 aliphatic carbocycles. The molecule has 150 valence electrons. The van der Waals surface area contributed by atoms with Crippen LogP contribution in [-0.4, -0.2) is 44.0 Å². The Bertz CT molecular complexity index is 1030. The summed E-state index contributed by atoms with van der Waals surface area (Å²) in [5, 5.41) is 4.08. The number of hydrogen-bond donors (Lipinski definition) is 1. The van der Waals surface area contributed by atoms with Crippen LogP contribution in [0.2, 0.25) is 10.0 Å². The van der Waals surface area contributed by atoms with Crippen LogP contribution in [-0.2, 0) is 0 Å². The highest BCUT2D eigenvalue weighted by Gasteiger charge is 2.20. The Morgan fingerprint density at radius 2 is 1.76 bits per heavy atom. The first-order valence-electron chi connectivity index (χ1n) is 9.40. The van der Waals surface area contributed by atoms with Crippen molar-refractivity contribution in [2.75, 3.05) is 43.4 Å². The minimum Gasteiger partial charge on any atom is -0.451 e. The number of rotatable bonds is 4. The largest absolute Gasteiger partial charge is 0.451 e. The Labute approximate surface area is 179 Å². The van der Waals surface area contributed by atoms with E-state index in [2.05, 4.69) is 22.2 Å². The number of carbonyl (C=O) groups is 1. The molecular formula is C22H21Cl2N3O2. The van der Waals surface area contributed by atoms with E-state index in [-0.39, 0.29) is 11.7 Å². The van der Waals surface area contributed by atoms with Gasteiger partial charge in [0.15, 0.2) is 5.76 Å². The zero-order valence-electron chi connectivity index (χ0n) is 16.0. The first-order valence-corrected chi connectivity index (χ1v) is 10.2. The number of nitrogens with zero attached hydrogens (tertiary/aromatic N) is 2. The average molecular weight is 430 g/mol. The summed E-state index contributed by atoms with van der Waals surface area (Å²) in [4.78, 5) is 17.4. The van der Waals surface area contributed by atoms with E-state index in [1.807, 2.05) is 30.3 Å². The molecule has 0 unspecified atom stereocenters. The van der Waals surface area contributed by atoms with Gasteiger partial charge in [0, 0.05) is 36.8 Å². The van der Waals surface area contributed by atoms with Gasteiger partial charge in [-0.15, -0.1) is 0 Å². The molecule has 2 aromatic carbocycles. The van der Waals surface area contributed by atoms with Gasteiger partial charge in [-0.25, -0.2) is 0 Å². The predicted molar refractivity (Wildman–Crippen MR) is 118 cm³/mol. The molecule has 0 bridgehead atoms. The quantitative estimate of drug-likeness (QED) is 0.614. The van der Waals surface area contributed by atoms with Gasteiger partial charge in [-0.05, 0) is 49.5 Å². The third-order valence-electron chi connectivity index (χ3n) is 5.02. The van der Waals surface area contributed by atoms with Crippen LogP contribution < -0.4 is 10.2 Å². The summed E-state index contributed by atoms with van der Waals surface area (Å²) in [7, 11) is 2.11. The lowest BCUT2D eigenvalue weighted by Crippen LogP contribution is -2.44. The molecule has 1 aromatic heterocycles. The Morgan fingerprint density at radius 1 is 1.00 bits per heavy atom. The van der Waals surface area contributed by atoms with Gasteiger partial charge >= 0.3 is 0 Å². The van der Waals surface area contributed by atoms with Crippen molar-refractivity contribution < 1.29 is 9.21 Å². The van der Waals surface area contributed by atoms with E-state index in [1.54, 1.807) is 24.3 Å². The molecular weight excluding hydrogens is 409 g/mol. The average Bonchev–Trinajstić information content (AvgIpc) is 3.19. The molecule has 1 amide bonds. The molecule has 1 N–H and O–H groups in total. The molecule has 1 aliphatic rings. The van der Waals surface area contributed by atoms with E-state index in [4.69, 9.17) is 27.6 Å². The second-order valence-electron chi connectivity index (χ2n) is 7.05. The number of hydrogen-bond acceptors (Lipinski definition) is 4. The summed E-state index contributed by atoms with van der Waals surface area (Å²) in [5.74, 6) is 0.427. The van der Waals surface area contributed by atoms with Crippen LogP contribution in [0.15, 0.2) is 59.0 Å². The number of furan rings is 1. The second-order valence-corrected chi connectivity index (χ2v) is 7.89. The third-order valence-corrected chi connectivity index (χ3v) is 5.58. The Hall–Kier alpha value is -2.47. The van der Waals surface area contributed by atoms with Crippen molar-refractivity contribution in [3.8, 4) is 11.3 Å². The van der Waals surface area contributed by atoms with Gasteiger partial charge in [-0.1, -0.05) is 35.3 Å². The van der Waals surface area contributed by atoms with Crippen molar-refractivity contribution in [3.63, 3.8) is 0 Å². The molecule has 0 atom stereocenters. The van der Waals surface area contributed by atoms with E-state index in [9.17, 15) is 4.79 Å².